The summed E-state index contributed by atoms with van der Waals surface area (Å²) in [5.74, 6) is 0.0121. The van der Waals surface area contributed by atoms with Crippen LogP contribution in [-0.2, 0) is 4.79 Å². The molecule has 4 nitrogen and oxygen atoms in total. The number of hydrogen-bond donors (Lipinski definition) is 3. The SMILES string of the molecule is CCC(CN)C(=O)Nc1cc(C)c(O)cc1C. The lowest BCUT2D eigenvalue weighted by Crippen LogP contribution is -2.28. The smallest absolute Gasteiger partial charge is 0.228 e. The summed E-state index contributed by atoms with van der Waals surface area (Å²) >= 11 is 0. The molecule has 4 heteroatoms. The summed E-state index contributed by atoms with van der Waals surface area (Å²) in [4.78, 5) is 11.9. The van der Waals surface area contributed by atoms with Crippen molar-refractivity contribution in [2.24, 2.45) is 11.7 Å². The molecule has 1 aromatic rings. The van der Waals surface area contributed by atoms with Gasteiger partial charge in [0.2, 0.25) is 5.91 Å². The molecule has 4 N–H and O–H groups in total. The molecule has 0 aromatic heterocycles. The molecule has 0 saturated carbocycles. The Morgan fingerprint density at radius 2 is 2.06 bits per heavy atom. The van der Waals surface area contributed by atoms with Gasteiger partial charge in [-0.15, -0.1) is 0 Å². The highest BCUT2D eigenvalue weighted by atomic mass is 16.3. The van der Waals surface area contributed by atoms with E-state index >= 15 is 0 Å². The Morgan fingerprint density at radius 3 is 2.59 bits per heavy atom. The number of aryl methyl sites for hydroxylation is 2. The van der Waals surface area contributed by atoms with Gasteiger partial charge in [-0.25, -0.2) is 0 Å². The van der Waals surface area contributed by atoms with Crippen LogP contribution in [0.5, 0.6) is 5.75 Å². The topological polar surface area (TPSA) is 75.4 Å². The first-order chi connectivity index (χ1) is 7.99. The first-order valence-electron chi connectivity index (χ1n) is 5.80. The number of benzene rings is 1. The molecule has 1 aromatic carbocycles. The minimum atomic E-state index is -0.163. The Labute approximate surface area is 102 Å². The molecule has 0 radical (unpaired) electrons. The van der Waals surface area contributed by atoms with Gasteiger partial charge in [-0.3, -0.25) is 4.79 Å². The molecule has 17 heavy (non-hydrogen) atoms. The Balaban J connectivity index is 2.88. The third kappa shape index (κ3) is 3.20. The van der Waals surface area contributed by atoms with E-state index in [4.69, 9.17) is 5.73 Å². The Hall–Kier alpha value is -1.55. The van der Waals surface area contributed by atoms with E-state index in [0.717, 1.165) is 23.2 Å². The second kappa shape index (κ2) is 5.68. The van der Waals surface area contributed by atoms with Crippen molar-refractivity contribution >= 4 is 11.6 Å². The van der Waals surface area contributed by atoms with Crippen molar-refractivity contribution in [2.75, 3.05) is 11.9 Å². The lowest BCUT2D eigenvalue weighted by Gasteiger charge is -2.15. The van der Waals surface area contributed by atoms with Crippen LogP contribution in [0.1, 0.15) is 24.5 Å². The van der Waals surface area contributed by atoms with Gasteiger partial charge >= 0.3 is 0 Å². The van der Waals surface area contributed by atoms with Crippen LogP contribution in [-0.4, -0.2) is 17.6 Å². The van der Waals surface area contributed by atoms with Crippen LogP contribution in [0.4, 0.5) is 5.69 Å². The molecule has 94 valence electrons. The zero-order valence-electron chi connectivity index (χ0n) is 10.6. The largest absolute Gasteiger partial charge is 0.508 e. The number of phenolic OH excluding ortho intramolecular Hbond substituents is 1. The summed E-state index contributed by atoms with van der Waals surface area (Å²) in [5.41, 5.74) is 7.85. The number of phenols is 1. The molecule has 0 saturated heterocycles. The van der Waals surface area contributed by atoms with Gasteiger partial charge in [-0.1, -0.05) is 6.92 Å². The molecular weight excluding hydrogens is 216 g/mol. The summed E-state index contributed by atoms with van der Waals surface area (Å²) in [6.07, 6.45) is 0.721. The molecule has 0 spiro atoms. The highest BCUT2D eigenvalue weighted by Gasteiger charge is 2.15. The van der Waals surface area contributed by atoms with E-state index in [9.17, 15) is 9.90 Å². The standard InChI is InChI=1S/C13H20N2O2/c1-4-10(7-14)13(17)15-11-5-9(3)12(16)6-8(11)2/h5-6,10,16H,4,7,14H2,1-3H3,(H,15,17). The normalized spacial score (nSPS) is 12.2. The van der Waals surface area contributed by atoms with E-state index in [-0.39, 0.29) is 17.6 Å². The Bertz CT molecular complexity index is 412. The zero-order chi connectivity index (χ0) is 13.0. The van der Waals surface area contributed by atoms with E-state index in [1.165, 1.54) is 0 Å². The van der Waals surface area contributed by atoms with Gasteiger partial charge < -0.3 is 16.2 Å². The highest BCUT2D eigenvalue weighted by molar-refractivity contribution is 5.93. The van der Waals surface area contributed by atoms with Crippen molar-refractivity contribution in [1.29, 1.82) is 0 Å². The third-order valence-electron chi connectivity index (χ3n) is 2.95. The number of aromatic hydroxyl groups is 1. The Morgan fingerprint density at radius 1 is 1.41 bits per heavy atom. The maximum Gasteiger partial charge on any atom is 0.228 e. The first-order valence-corrected chi connectivity index (χ1v) is 5.80. The van der Waals surface area contributed by atoms with Gasteiger partial charge in [-0.05, 0) is 43.5 Å². The van der Waals surface area contributed by atoms with Gasteiger partial charge in [0, 0.05) is 12.2 Å². The number of carbonyl (C=O) groups is 1. The second-order valence-corrected chi connectivity index (χ2v) is 4.28. The lowest BCUT2D eigenvalue weighted by molar-refractivity contribution is -0.119. The number of rotatable bonds is 4. The molecule has 1 unspecified atom stereocenters. The molecule has 0 aliphatic carbocycles. The average molecular weight is 236 g/mol. The summed E-state index contributed by atoms with van der Waals surface area (Å²) < 4.78 is 0. The molecule has 0 aliphatic rings. The number of nitrogens with two attached hydrogens (primary N) is 1. The Kier molecular flexibility index (Phi) is 4.52. The van der Waals surface area contributed by atoms with Crippen molar-refractivity contribution in [1.82, 2.24) is 0 Å². The molecule has 1 atom stereocenters. The summed E-state index contributed by atoms with van der Waals surface area (Å²) in [6, 6.07) is 3.42. The molecule has 1 rings (SSSR count). The van der Waals surface area contributed by atoms with Crippen molar-refractivity contribution in [3.8, 4) is 5.75 Å². The number of amides is 1. The van der Waals surface area contributed by atoms with Crippen molar-refractivity contribution in [2.45, 2.75) is 27.2 Å². The van der Waals surface area contributed by atoms with Gasteiger partial charge in [0.05, 0.1) is 5.92 Å². The summed E-state index contributed by atoms with van der Waals surface area (Å²) in [5, 5.41) is 12.4. The van der Waals surface area contributed by atoms with E-state index in [0.29, 0.717) is 6.54 Å². The monoisotopic (exact) mass is 236 g/mol. The molecule has 0 heterocycles. The number of nitrogens with one attached hydrogen (secondary N) is 1. The van der Waals surface area contributed by atoms with E-state index in [2.05, 4.69) is 5.32 Å². The van der Waals surface area contributed by atoms with Crippen LogP contribution in [0.15, 0.2) is 12.1 Å². The van der Waals surface area contributed by atoms with Crippen LogP contribution in [0, 0.1) is 19.8 Å². The maximum atomic E-state index is 11.9. The fourth-order valence-corrected chi connectivity index (χ4v) is 1.63. The van der Waals surface area contributed by atoms with Crippen LogP contribution in [0.2, 0.25) is 0 Å². The number of hydrogen-bond acceptors (Lipinski definition) is 3. The molecule has 0 aliphatic heterocycles. The van der Waals surface area contributed by atoms with E-state index in [1.54, 1.807) is 19.1 Å². The van der Waals surface area contributed by atoms with Gasteiger partial charge in [0.25, 0.3) is 0 Å². The van der Waals surface area contributed by atoms with Crippen LogP contribution >= 0.6 is 0 Å². The van der Waals surface area contributed by atoms with Gasteiger partial charge in [0.1, 0.15) is 5.75 Å². The van der Waals surface area contributed by atoms with Gasteiger partial charge in [-0.2, -0.15) is 0 Å². The van der Waals surface area contributed by atoms with Crippen molar-refractivity contribution < 1.29 is 9.90 Å². The van der Waals surface area contributed by atoms with Crippen molar-refractivity contribution in [3.05, 3.63) is 23.3 Å². The predicted octanol–water partition coefficient (Wildman–Crippen LogP) is 1.93. The molecular formula is C13H20N2O2. The molecule has 0 fully saturated rings. The number of carbonyl (C=O) groups excluding carboxylic acids is 1. The van der Waals surface area contributed by atoms with Gasteiger partial charge in [0.15, 0.2) is 0 Å². The minimum absolute atomic E-state index is 0.0665. The van der Waals surface area contributed by atoms with E-state index < -0.39 is 0 Å². The summed E-state index contributed by atoms with van der Waals surface area (Å²) in [7, 11) is 0. The lowest BCUT2D eigenvalue weighted by atomic mass is 10.0. The quantitative estimate of drug-likeness (QED) is 0.699. The second-order valence-electron chi connectivity index (χ2n) is 4.28. The maximum absolute atomic E-state index is 11.9. The molecule has 1 amide bonds. The van der Waals surface area contributed by atoms with Crippen LogP contribution in [0.3, 0.4) is 0 Å². The fourth-order valence-electron chi connectivity index (χ4n) is 1.63. The minimum Gasteiger partial charge on any atom is -0.508 e. The molecule has 0 bridgehead atoms. The zero-order valence-corrected chi connectivity index (χ0v) is 10.6. The number of anilines is 1. The third-order valence-corrected chi connectivity index (χ3v) is 2.95. The average Bonchev–Trinajstić information content (AvgIpc) is 2.27. The van der Waals surface area contributed by atoms with Crippen LogP contribution < -0.4 is 11.1 Å². The van der Waals surface area contributed by atoms with Crippen LogP contribution in [0.25, 0.3) is 0 Å². The first kappa shape index (κ1) is 13.5. The van der Waals surface area contributed by atoms with E-state index in [1.807, 2.05) is 13.8 Å². The summed E-state index contributed by atoms with van der Waals surface area (Å²) in [6.45, 7) is 5.92. The highest BCUT2D eigenvalue weighted by Crippen LogP contribution is 2.25. The fraction of sp³-hybridized carbons (Fsp3) is 0.462. The predicted molar refractivity (Wildman–Crippen MR) is 69.0 cm³/mol. The van der Waals surface area contributed by atoms with Crippen molar-refractivity contribution in [3.63, 3.8) is 0 Å².